The number of anilines is 1. The van der Waals surface area contributed by atoms with Crippen LogP contribution >= 0.6 is 0 Å². The minimum Gasteiger partial charge on any atom is -0.372 e. The summed E-state index contributed by atoms with van der Waals surface area (Å²) in [5.41, 5.74) is 3.82. The molecule has 118 valence electrons. The maximum Gasteiger partial charge on any atom is 0.138 e. The number of benzene rings is 2. The summed E-state index contributed by atoms with van der Waals surface area (Å²) < 4.78 is 13.3. The molecule has 1 N–H and O–H groups in total. The zero-order chi connectivity index (χ0) is 15.6. The molecule has 4 rings (SSSR count). The minimum atomic E-state index is -0.244. The second kappa shape index (κ2) is 6.03. The van der Waals surface area contributed by atoms with Gasteiger partial charge in [0.1, 0.15) is 11.6 Å². The smallest absolute Gasteiger partial charge is 0.138 e. The van der Waals surface area contributed by atoms with Crippen molar-refractivity contribution in [2.75, 3.05) is 18.0 Å². The van der Waals surface area contributed by atoms with Crippen LogP contribution in [0.5, 0.6) is 0 Å². The summed E-state index contributed by atoms with van der Waals surface area (Å²) in [6, 6.07) is 13.1. The van der Waals surface area contributed by atoms with E-state index >= 15 is 0 Å². The fraction of sp³-hybridized carbons (Fsp3) is 0.316. The molecule has 0 atom stereocenters. The molecule has 0 bridgehead atoms. The van der Waals surface area contributed by atoms with E-state index in [0.717, 1.165) is 35.5 Å². The van der Waals surface area contributed by atoms with Gasteiger partial charge in [0.05, 0.1) is 11.0 Å². The normalized spacial score (nSPS) is 15.8. The van der Waals surface area contributed by atoms with Crippen LogP contribution in [0.15, 0.2) is 42.5 Å². The van der Waals surface area contributed by atoms with Gasteiger partial charge in [0.25, 0.3) is 0 Å². The van der Waals surface area contributed by atoms with Crippen LogP contribution in [-0.2, 0) is 0 Å². The molecule has 3 nitrogen and oxygen atoms in total. The Hall–Kier alpha value is -2.36. The molecule has 0 radical (unpaired) electrons. The van der Waals surface area contributed by atoms with Crippen molar-refractivity contribution in [3.05, 3.63) is 48.3 Å². The molecule has 1 saturated heterocycles. The number of hydrogen-bond donors (Lipinski definition) is 1. The first kappa shape index (κ1) is 14.2. The van der Waals surface area contributed by atoms with Crippen LogP contribution in [0.2, 0.25) is 0 Å². The predicted octanol–water partition coefficient (Wildman–Crippen LogP) is 4.75. The van der Waals surface area contributed by atoms with Crippen LogP contribution in [0.25, 0.3) is 22.4 Å². The number of imidazole rings is 1. The highest BCUT2D eigenvalue weighted by Gasteiger charge is 2.12. The summed E-state index contributed by atoms with van der Waals surface area (Å²) in [7, 11) is 0. The van der Waals surface area contributed by atoms with Gasteiger partial charge in [-0.25, -0.2) is 9.37 Å². The first-order valence-corrected chi connectivity index (χ1v) is 8.30. The van der Waals surface area contributed by atoms with Crippen molar-refractivity contribution in [3.8, 4) is 11.4 Å². The van der Waals surface area contributed by atoms with Crippen LogP contribution < -0.4 is 4.90 Å². The van der Waals surface area contributed by atoms with E-state index < -0.39 is 0 Å². The van der Waals surface area contributed by atoms with E-state index in [0.29, 0.717) is 0 Å². The molecule has 23 heavy (non-hydrogen) atoms. The van der Waals surface area contributed by atoms with Gasteiger partial charge < -0.3 is 9.88 Å². The number of nitrogens with zero attached hydrogens (tertiary/aromatic N) is 2. The first-order chi connectivity index (χ1) is 11.3. The minimum absolute atomic E-state index is 0.244. The Bertz CT molecular complexity index is 816. The molecule has 0 spiro atoms. The lowest BCUT2D eigenvalue weighted by molar-refractivity contribution is 0.629. The Morgan fingerprint density at radius 3 is 2.61 bits per heavy atom. The summed E-state index contributed by atoms with van der Waals surface area (Å²) in [6.45, 7) is 2.24. The standard InChI is InChI=1S/C19H20FN3/c20-15-8-9-17-18(13-15)22-19(21-17)14-6-5-7-16(12-14)23-10-3-1-2-4-11-23/h5-9,12-13H,1-4,10-11H2,(H,21,22). The molecule has 1 aromatic heterocycles. The van der Waals surface area contributed by atoms with Crippen LogP contribution in [0.4, 0.5) is 10.1 Å². The van der Waals surface area contributed by atoms with Crippen molar-refractivity contribution in [2.45, 2.75) is 25.7 Å². The predicted molar refractivity (Wildman–Crippen MR) is 92.2 cm³/mol. The molecule has 3 aromatic rings. The average Bonchev–Trinajstić information content (AvgIpc) is 2.80. The maximum atomic E-state index is 13.3. The SMILES string of the molecule is Fc1ccc2nc(-c3cccc(N4CCCCCC4)c3)[nH]c2c1. The van der Waals surface area contributed by atoms with Gasteiger partial charge in [-0.3, -0.25) is 0 Å². The summed E-state index contributed by atoms with van der Waals surface area (Å²) in [5, 5.41) is 0. The number of H-pyrrole nitrogens is 1. The highest BCUT2D eigenvalue weighted by Crippen LogP contribution is 2.26. The maximum absolute atomic E-state index is 13.3. The molecule has 1 aliphatic heterocycles. The molecule has 0 aliphatic carbocycles. The van der Waals surface area contributed by atoms with Crippen LogP contribution in [0, 0.1) is 5.82 Å². The molecule has 1 aliphatic rings. The van der Waals surface area contributed by atoms with Crippen LogP contribution in [-0.4, -0.2) is 23.1 Å². The number of nitrogens with one attached hydrogen (secondary N) is 1. The van der Waals surface area contributed by atoms with Crippen molar-refractivity contribution >= 4 is 16.7 Å². The molecule has 0 saturated carbocycles. The van der Waals surface area contributed by atoms with Crippen molar-refractivity contribution in [2.24, 2.45) is 0 Å². The second-order valence-corrected chi connectivity index (χ2v) is 6.20. The number of halogens is 1. The van der Waals surface area contributed by atoms with Crippen molar-refractivity contribution in [3.63, 3.8) is 0 Å². The number of aromatic amines is 1. The summed E-state index contributed by atoms with van der Waals surface area (Å²) in [6.07, 6.45) is 5.17. The zero-order valence-electron chi connectivity index (χ0n) is 13.1. The Morgan fingerprint density at radius 1 is 0.957 bits per heavy atom. The third-order valence-electron chi connectivity index (χ3n) is 4.53. The third-order valence-corrected chi connectivity index (χ3v) is 4.53. The molecular formula is C19H20FN3. The van der Waals surface area contributed by atoms with E-state index in [9.17, 15) is 4.39 Å². The van der Waals surface area contributed by atoms with Crippen molar-refractivity contribution in [1.29, 1.82) is 0 Å². The van der Waals surface area contributed by atoms with Gasteiger partial charge >= 0.3 is 0 Å². The van der Waals surface area contributed by atoms with Gasteiger partial charge in [-0.1, -0.05) is 25.0 Å². The van der Waals surface area contributed by atoms with E-state index in [2.05, 4.69) is 39.1 Å². The van der Waals surface area contributed by atoms with Crippen molar-refractivity contribution in [1.82, 2.24) is 9.97 Å². The van der Waals surface area contributed by atoms with E-state index in [-0.39, 0.29) is 5.82 Å². The molecule has 0 amide bonds. The quantitative estimate of drug-likeness (QED) is 0.741. The number of fused-ring (bicyclic) bond motifs is 1. The zero-order valence-corrected chi connectivity index (χ0v) is 13.1. The fourth-order valence-corrected chi connectivity index (χ4v) is 3.30. The second-order valence-electron chi connectivity index (χ2n) is 6.20. The van der Waals surface area contributed by atoms with Gasteiger partial charge in [-0.15, -0.1) is 0 Å². The highest BCUT2D eigenvalue weighted by molar-refractivity contribution is 5.80. The number of rotatable bonds is 2. The summed E-state index contributed by atoms with van der Waals surface area (Å²) in [4.78, 5) is 10.3. The van der Waals surface area contributed by atoms with E-state index in [1.165, 1.54) is 43.5 Å². The lowest BCUT2D eigenvalue weighted by Crippen LogP contribution is -2.23. The molecule has 1 fully saturated rings. The number of aromatic nitrogens is 2. The lowest BCUT2D eigenvalue weighted by Gasteiger charge is -2.23. The molecule has 4 heteroatoms. The third kappa shape index (κ3) is 2.93. The summed E-state index contributed by atoms with van der Waals surface area (Å²) >= 11 is 0. The summed E-state index contributed by atoms with van der Waals surface area (Å²) in [5.74, 6) is 0.549. The topological polar surface area (TPSA) is 31.9 Å². The molecular weight excluding hydrogens is 289 g/mol. The molecule has 0 unspecified atom stereocenters. The Morgan fingerprint density at radius 2 is 1.78 bits per heavy atom. The van der Waals surface area contributed by atoms with Gasteiger partial charge in [0.2, 0.25) is 0 Å². The van der Waals surface area contributed by atoms with Gasteiger partial charge in [-0.05, 0) is 43.2 Å². The Balaban J connectivity index is 1.68. The van der Waals surface area contributed by atoms with Gasteiger partial charge in [-0.2, -0.15) is 0 Å². The van der Waals surface area contributed by atoms with Gasteiger partial charge in [0, 0.05) is 24.3 Å². The van der Waals surface area contributed by atoms with Crippen molar-refractivity contribution < 1.29 is 4.39 Å². The van der Waals surface area contributed by atoms with Crippen LogP contribution in [0.1, 0.15) is 25.7 Å². The lowest BCUT2D eigenvalue weighted by atomic mass is 10.1. The number of hydrogen-bond acceptors (Lipinski definition) is 2. The van der Waals surface area contributed by atoms with Gasteiger partial charge in [0.15, 0.2) is 0 Å². The first-order valence-electron chi connectivity index (χ1n) is 8.30. The fourth-order valence-electron chi connectivity index (χ4n) is 3.30. The van der Waals surface area contributed by atoms with E-state index in [4.69, 9.17) is 0 Å². The monoisotopic (exact) mass is 309 g/mol. The Labute approximate surface area is 135 Å². The molecule has 2 aromatic carbocycles. The van der Waals surface area contributed by atoms with E-state index in [1.807, 2.05) is 0 Å². The average molecular weight is 309 g/mol. The van der Waals surface area contributed by atoms with E-state index in [1.54, 1.807) is 6.07 Å². The largest absolute Gasteiger partial charge is 0.372 e. The Kier molecular flexibility index (Phi) is 3.74. The molecule has 2 heterocycles. The van der Waals surface area contributed by atoms with Crippen LogP contribution in [0.3, 0.4) is 0 Å². The highest BCUT2D eigenvalue weighted by atomic mass is 19.1.